The van der Waals surface area contributed by atoms with Gasteiger partial charge in [-0.1, -0.05) is 76.9 Å². The average Bonchev–Trinajstić information content (AvgIpc) is 2.58. The van der Waals surface area contributed by atoms with Crippen LogP contribution in [0.25, 0.3) is 0 Å². The molecule has 1 unspecified atom stereocenters. The van der Waals surface area contributed by atoms with Gasteiger partial charge in [-0.3, -0.25) is 9.35 Å². The van der Waals surface area contributed by atoms with E-state index in [2.05, 4.69) is 11.7 Å². The predicted molar refractivity (Wildman–Crippen MR) is 102 cm³/mol. The molecule has 0 fully saturated rings. The first kappa shape index (κ1) is 29.8. The molecule has 9 heteroatoms. The minimum absolute atomic E-state index is 0. The number of unbranched alkanes of at least 4 members (excludes halogenated alkanes) is 10. The third-order valence-electron chi connectivity index (χ3n) is 4.19. The molecule has 1 atom stereocenters. The van der Waals surface area contributed by atoms with E-state index in [-0.39, 0.29) is 36.2 Å². The quantitative estimate of drug-likeness (QED) is 0.112. The van der Waals surface area contributed by atoms with Crippen LogP contribution in [0, 0.1) is 0 Å². The molecule has 0 radical (unpaired) electrons. The molecule has 0 amide bonds. The van der Waals surface area contributed by atoms with Gasteiger partial charge in [0.25, 0.3) is 10.1 Å². The van der Waals surface area contributed by atoms with Gasteiger partial charge in [0.1, 0.15) is 6.61 Å². The normalized spacial score (nSPS) is 12.5. The van der Waals surface area contributed by atoms with Crippen LogP contribution in [0.5, 0.6) is 0 Å². The van der Waals surface area contributed by atoms with Crippen molar-refractivity contribution in [2.45, 2.75) is 89.2 Å². The van der Waals surface area contributed by atoms with E-state index in [0.717, 1.165) is 19.3 Å². The molecule has 1 N–H and O–H groups in total. The third kappa shape index (κ3) is 17.7. The monoisotopic (exact) mass is 428 g/mol. The van der Waals surface area contributed by atoms with Crippen LogP contribution in [0.3, 0.4) is 0 Å². The Bertz CT molecular complexity index is 546. The summed E-state index contributed by atoms with van der Waals surface area (Å²) in [5, 5.41) is 8.30. The Morgan fingerprint density at radius 3 is 1.93 bits per heavy atom. The molecule has 158 valence electrons. The van der Waals surface area contributed by atoms with Gasteiger partial charge in [-0.05, 0) is 12.8 Å². The number of esters is 1. The number of rotatable bonds is 17. The smallest absolute Gasteiger partial charge is 0.550 e. The van der Waals surface area contributed by atoms with E-state index in [1.54, 1.807) is 6.08 Å². The zero-order valence-electron chi connectivity index (χ0n) is 17.2. The second-order valence-electron chi connectivity index (χ2n) is 6.65. The second kappa shape index (κ2) is 18.6. The molecule has 0 aromatic carbocycles. The minimum atomic E-state index is -4.85. The second-order valence-corrected chi connectivity index (χ2v) is 8.25. The first-order valence-corrected chi connectivity index (χ1v) is 11.3. The molecule has 0 aromatic rings. The summed E-state index contributed by atoms with van der Waals surface area (Å²) < 4.78 is 35.6. The first-order chi connectivity index (χ1) is 12.8. The maximum Gasteiger partial charge on any atom is 1.00 e. The van der Waals surface area contributed by atoms with Crippen LogP contribution in [-0.4, -0.2) is 36.8 Å². The van der Waals surface area contributed by atoms with Crippen LogP contribution in [0.1, 0.15) is 84.0 Å². The van der Waals surface area contributed by atoms with Gasteiger partial charge >= 0.3 is 35.5 Å². The van der Waals surface area contributed by atoms with Gasteiger partial charge in [0.2, 0.25) is 0 Å². The zero-order chi connectivity index (χ0) is 20.5. The summed E-state index contributed by atoms with van der Waals surface area (Å²) in [4.78, 5) is 22.0. The molecule has 0 aliphatic heterocycles. The van der Waals surface area contributed by atoms with Crippen molar-refractivity contribution < 1.29 is 62.0 Å². The number of aliphatic carboxylic acids is 1. The molecule has 0 spiro atoms. The van der Waals surface area contributed by atoms with Crippen molar-refractivity contribution in [1.29, 1.82) is 0 Å². The minimum Gasteiger partial charge on any atom is -0.550 e. The van der Waals surface area contributed by atoms with E-state index in [1.807, 2.05) is 6.08 Å². The molecule has 0 aliphatic rings. The molecule has 0 aliphatic carbocycles. The van der Waals surface area contributed by atoms with Crippen LogP contribution in [-0.2, 0) is 24.4 Å². The number of carbonyl (C=O) groups excluding carboxylic acids is 2. The van der Waals surface area contributed by atoms with Crippen LogP contribution in [0.15, 0.2) is 12.2 Å². The van der Waals surface area contributed by atoms with Gasteiger partial charge in [0.05, 0.1) is 0 Å². The van der Waals surface area contributed by atoms with Gasteiger partial charge in [-0.15, -0.1) is 0 Å². The Balaban J connectivity index is 0. The van der Waals surface area contributed by atoms with E-state index in [1.165, 1.54) is 51.4 Å². The molecule has 0 saturated heterocycles. The SMILES string of the molecule is CCCCCCCCCCCCC=CCOC(=O)C(CC(=O)[O-])S(=O)(=O)O.[Na+]. The van der Waals surface area contributed by atoms with Crippen molar-refractivity contribution in [3.8, 4) is 0 Å². The topological polar surface area (TPSA) is 121 Å². The fraction of sp³-hybridized carbons (Fsp3) is 0.789. The molecular formula is C19H33NaO7S. The van der Waals surface area contributed by atoms with Crippen LogP contribution >= 0.6 is 0 Å². The van der Waals surface area contributed by atoms with Crippen molar-refractivity contribution >= 4 is 22.1 Å². The fourth-order valence-electron chi connectivity index (χ4n) is 2.62. The van der Waals surface area contributed by atoms with Crippen molar-refractivity contribution in [3.05, 3.63) is 12.2 Å². The molecule has 0 aromatic heterocycles. The fourth-order valence-corrected chi connectivity index (χ4v) is 3.28. The summed E-state index contributed by atoms with van der Waals surface area (Å²) in [6.07, 6.45) is 15.6. The number of carbonyl (C=O) groups is 2. The zero-order valence-corrected chi connectivity index (χ0v) is 20.0. The number of allylic oxidation sites excluding steroid dienone is 1. The van der Waals surface area contributed by atoms with E-state index < -0.39 is 33.7 Å². The number of carboxylic acids is 1. The number of ether oxygens (including phenoxy) is 1. The maximum atomic E-state index is 11.6. The van der Waals surface area contributed by atoms with Gasteiger partial charge in [-0.25, -0.2) is 0 Å². The Morgan fingerprint density at radius 1 is 0.964 bits per heavy atom. The summed E-state index contributed by atoms with van der Waals surface area (Å²) in [7, 11) is -4.85. The maximum absolute atomic E-state index is 11.6. The Hall–Kier alpha value is -0.410. The number of hydrogen-bond donors (Lipinski definition) is 1. The number of hydrogen-bond acceptors (Lipinski definition) is 6. The van der Waals surface area contributed by atoms with Crippen molar-refractivity contribution in [1.82, 2.24) is 0 Å². The van der Waals surface area contributed by atoms with Crippen molar-refractivity contribution in [3.63, 3.8) is 0 Å². The van der Waals surface area contributed by atoms with Gasteiger partial charge in [-0.2, -0.15) is 8.42 Å². The first-order valence-electron chi connectivity index (χ1n) is 9.76. The summed E-state index contributed by atoms with van der Waals surface area (Å²) in [5.41, 5.74) is 0. The summed E-state index contributed by atoms with van der Waals surface area (Å²) in [5.74, 6) is -3.06. The molecule has 0 saturated carbocycles. The molecular weight excluding hydrogens is 395 g/mol. The largest absolute Gasteiger partial charge is 1.00 e. The third-order valence-corrected chi connectivity index (χ3v) is 5.27. The Morgan fingerprint density at radius 2 is 1.46 bits per heavy atom. The molecule has 28 heavy (non-hydrogen) atoms. The average molecular weight is 429 g/mol. The molecule has 0 rings (SSSR count). The molecule has 7 nitrogen and oxygen atoms in total. The van der Waals surface area contributed by atoms with Crippen LogP contribution in [0.4, 0.5) is 0 Å². The summed E-state index contributed by atoms with van der Waals surface area (Å²) in [6.45, 7) is 2.04. The van der Waals surface area contributed by atoms with Crippen molar-refractivity contribution in [2.24, 2.45) is 0 Å². The van der Waals surface area contributed by atoms with Crippen molar-refractivity contribution in [2.75, 3.05) is 6.61 Å². The predicted octanol–water partition coefficient (Wildman–Crippen LogP) is -0.203. The van der Waals surface area contributed by atoms with Crippen LogP contribution in [0.2, 0.25) is 0 Å². The summed E-state index contributed by atoms with van der Waals surface area (Å²) >= 11 is 0. The molecule has 0 heterocycles. The van der Waals surface area contributed by atoms with E-state index in [0.29, 0.717) is 0 Å². The standard InChI is InChI=1S/C19H34O7S.Na/c1-2-3-4-5-6-7-8-9-10-11-12-13-14-15-26-19(22)17(16-18(20)21)27(23,24)25;/h13-14,17H,2-12,15-16H2,1H3,(H,20,21)(H,23,24,25);/q;+1/p-1. The Labute approximate surface area is 191 Å². The number of carboxylic acid groups (broad SMARTS) is 1. The van der Waals surface area contributed by atoms with E-state index in [9.17, 15) is 23.1 Å². The van der Waals surface area contributed by atoms with Crippen LogP contribution < -0.4 is 34.7 Å². The van der Waals surface area contributed by atoms with Gasteiger partial charge in [0, 0.05) is 12.4 Å². The van der Waals surface area contributed by atoms with Gasteiger partial charge in [0.15, 0.2) is 5.25 Å². The van der Waals surface area contributed by atoms with E-state index in [4.69, 9.17) is 4.55 Å². The molecule has 0 bridgehead atoms. The Kier molecular flexibility index (Phi) is 19.8. The van der Waals surface area contributed by atoms with Gasteiger partial charge < -0.3 is 14.6 Å². The van der Waals surface area contributed by atoms with E-state index >= 15 is 0 Å². The summed E-state index contributed by atoms with van der Waals surface area (Å²) in [6, 6.07) is 0.